The summed E-state index contributed by atoms with van der Waals surface area (Å²) < 4.78 is 0. The molecule has 1 fully saturated rings. The molecular formula is C18H29N. The highest BCUT2D eigenvalue weighted by Gasteiger charge is 2.25. The summed E-state index contributed by atoms with van der Waals surface area (Å²) in [7, 11) is 0. The normalized spacial score (nSPS) is 25.2. The van der Waals surface area contributed by atoms with Gasteiger partial charge in [0.2, 0.25) is 0 Å². The SMILES string of the molecule is CCC1CCCC(C(N)CCc2cccc(C)c2)C1. The third-order valence-electron chi connectivity index (χ3n) is 4.86. The van der Waals surface area contributed by atoms with Gasteiger partial charge < -0.3 is 5.73 Å². The average molecular weight is 259 g/mol. The second-order valence-corrected chi connectivity index (χ2v) is 6.39. The minimum Gasteiger partial charge on any atom is -0.327 e. The molecule has 1 aliphatic carbocycles. The van der Waals surface area contributed by atoms with E-state index in [1.165, 1.54) is 43.2 Å². The van der Waals surface area contributed by atoms with Gasteiger partial charge >= 0.3 is 0 Å². The molecule has 0 spiro atoms. The molecule has 1 heteroatoms. The summed E-state index contributed by atoms with van der Waals surface area (Å²) in [6.07, 6.45) is 9.15. The van der Waals surface area contributed by atoms with Crippen LogP contribution in [0.25, 0.3) is 0 Å². The van der Waals surface area contributed by atoms with Crippen molar-refractivity contribution in [2.24, 2.45) is 17.6 Å². The highest BCUT2D eigenvalue weighted by molar-refractivity contribution is 5.22. The number of aryl methyl sites for hydroxylation is 2. The van der Waals surface area contributed by atoms with E-state index in [-0.39, 0.29) is 0 Å². The van der Waals surface area contributed by atoms with Crippen molar-refractivity contribution in [3.8, 4) is 0 Å². The van der Waals surface area contributed by atoms with Gasteiger partial charge in [0.1, 0.15) is 0 Å². The van der Waals surface area contributed by atoms with Gasteiger partial charge in [-0.2, -0.15) is 0 Å². The van der Waals surface area contributed by atoms with Crippen LogP contribution in [0.4, 0.5) is 0 Å². The quantitative estimate of drug-likeness (QED) is 0.829. The van der Waals surface area contributed by atoms with Gasteiger partial charge in [-0.1, -0.05) is 56.0 Å². The van der Waals surface area contributed by atoms with Crippen LogP contribution in [0.3, 0.4) is 0 Å². The zero-order valence-corrected chi connectivity index (χ0v) is 12.6. The highest BCUT2D eigenvalue weighted by atomic mass is 14.6. The number of nitrogens with two attached hydrogens (primary N) is 1. The summed E-state index contributed by atoms with van der Waals surface area (Å²) in [6, 6.07) is 9.24. The molecule has 0 aromatic heterocycles. The molecule has 0 amide bonds. The number of hydrogen-bond donors (Lipinski definition) is 1. The molecule has 106 valence electrons. The van der Waals surface area contributed by atoms with Gasteiger partial charge in [0.05, 0.1) is 0 Å². The average Bonchev–Trinajstić information content (AvgIpc) is 2.45. The maximum absolute atomic E-state index is 6.45. The van der Waals surface area contributed by atoms with Crippen molar-refractivity contribution in [2.45, 2.75) is 64.8 Å². The molecule has 0 radical (unpaired) electrons. The van der Waals surface area contributed by atoms with E-state index in [9.17, 15) is 0 Å². The minimum atomic E-state index is 0.398. The van der Waals surface area contributed by atoms with Crippen LogP contribution < -0.4 is 5.73 Å². The van der Waals surface area contributed by atoms with Crippen molar-refractivity contribution in [1.29, 1.82) is 0 Å². The lowest BCUT2D eigenvalue weighted by Crippen LogP contribution is -2.34. The van der Waals surface area contributed by atoms with Gasteiger partial charge in [0.15, 0.2) is 0 Å². The first-order valence-electron chi connectivity index (χ1n) is 8.00. The molecule has 1 nitrogen and oxygen atoms in total. The first-order chi connectivity index (χ1) is 9.19. The summed E-state index contributed by atoms with van der Waals surface area (Å²) in [6.45, 7) is 4.49. The van der Waals surface area contributed by atoms with Crippen molar-refractivity contribution in [3.63, 3.8) is 0 Å². The zero-order valence-electron chi connectivity index (χ0n) is 12.6. The maximum Gasteiger partial charge on any atom is 0.00704 e. The Kier molecular flexibility index (Phi) is 5.45. The van der Waals surface area contributed by atoms with E-state index in [1.807, 2.05) is 0 Å². The Morgan fingerprint density at radius 1 is 1.32 bits per heavy atom. The zero-order chi connectivity index (χ0) is 13.7. The summed E-state index contributed by atoms with van der Waals surface area (Å²) in [5, 5.41) is 0. The third-order valence-corrected chi connectivity index (χ3v) is 4.86. The second kappa shape index (κ2) is 7.09. The standard InChI is InChI=1S/C18H29N/c1-3-15-7-5-9-17(13-15)18(19)11-10-16-8-4-6-14(2)12-16/h4,6,8,12,15,17-18H,3,5,7,9-11,13,19H2,1-2H3. The van der Waals surface area contributed by atoms with Gasteiger partial charge in [-0.3, -0.25) is 0 Å². The Labute approximate surface area is 118 Å². The summed E-state index contributed by atoms with van der Waals surface area (Å²) in [5.41, 5.74) is 9.25. The van der Waals surface area contributed by atoms with Crippen LogP contribution in [-0.4, -0.2) is 6.04 Å². The molecule has 0 aliphatic heterocycles. The molecule has 0 saturated heterocycles. The molecule has 19 heavy (non-hydrogen) atoms. The van der Waals surface area contributed by atoms with Crippen molar-refractivity contribution in [3.05, 3.63) is 35.4 Å². The van der Waals surface area contributed by atoms with E-state index in [0.717, 1.165) is 24.7 Å². The van der Waals surface area contributed by atoms with Crippen molar-refractivity contribution in [2.75, 3.05) is 0 Å². The molecule has 1 aromatic rings. The van der Waals surface area contributed by atoms with Crippen molar-refractivity contribution >= 4 is 0 Å². The second-order valence-electron chi connectivity index (χ2n) is 6.39. The monoisotopic (exact) mass is 259 g/mol. The third kappa shape index (κ3) is 4.35. The molecule has 1 saturated carbocycles. The Balaban J connectivity index is 1.82. The lowest BCUT2D eigenvalue weighted by atomic mass is 9.76. The van der Waals surface area contributed by atoms with E-state index in [2.05, 4.69) is 38.1 Å². The Morgan fingerprint density at radius 2 is 2.16 bits per heavy atom. The van der Waals surface area contributed by atoms with E-state index in [0.29, 0.717) is 6.04 Å². The summed E-state index contributed by atoms with van der Waals surface area (Å²) in [5.74, 6) is 1.70. The predicted octanol–water partition coefficient (Wildman–Crippen LogP) is 4.47. The summed E-state index contributed by atoms with van der Waals surface area (Å²) >= 11 is 0. The Bertz CT molecular complexity index is 385. The van der Waals surface area contributed by atoms with Crippen molar-refractivity contribution < 1.29 is 0 Å². The van der Waals surface area contributed by atoms with Crippen LogP contribution in [0.15, 0.2) is 24.3 Å². The van der Waals surface area contributed by atoms with E-state index < -0.39 is 0 Å². The highest BCUT2D eigenvalue weighted by Crippen LogP contribution is 2.33. The molecule has 2 N–H and O–H groups in total. The van der Waals surface area contributed by atoms with Gasteiger partial charge in [-0.05, 0) is 50.0 Å². The fourth-order valence-corrected chi connectivity index (χ4v) is 3.53. The van der Waals surface area contributed by atoms with Gasteiger partial charge in [-0.15, -0.1) is 0 Å². The fraction of sp³-hybridized carbons (Fsp3) is 0.667. The lowest BCUT2D eigenvalue weighted by Gasteiger charge is -2.32. The van der Waals surface area contributed by atoms with Crippen LogP contribution >= 0.6 is 0 Å². The van der Waals surface area contributed by atoms with Crippen LogP contribution in [0, 0.1) is 18.8 Å². The van der Waals surface area contributed by atoms with Crippen LogP contribution in [0.1, 0.15) is 56.6 Å². The number of rotatable bonds is 5. The smallest absolute Gasteiger partial charge is 0.00704 e. The van der Waals surface area contributed by atoms with Crippen LogP contribution in [0.2, 0.25) is 0 Å². The van der Waals surface area contributed by atoms with E-state index >= 15 is 0 Å². The van der Waals surface area contributed by atoms with Crippen molar-refractivity contribution in [1.82, 2.24) is 0 Å². The Morgan fingerprint density at radius 3 is 2.89 bits per heavy atom. The number of benzene rings is 1. The van der Waals surface area contributed by atoms with E-state index in [4.69, 9.17) is 5.73 Å². The maximum atomic E-state index is 6.45. The molecule has 0 bridgehead atoms. The van der Waals surface area contributed by atoms with Gasteiger partial charge in [-0.25, -0.2) is 0 Å². The molecule has 3 unspecified atom stereocenters. The molecular weight excluding hydrogens is 230 g/mol. The van der Waals surface area contributed by atoms with E-state index in [1.54, 1.807) is 0 Å². The van der Waals surface area contributed by atoms with Crippen LogP contribution in [0.5, 0.6) is 0 Å². The molecule has 1 aliphatic rings. The minimum absolute atomic E-state index is 0.398. The van der Waals surface area contributed by atoms with Gasteiger partial charge in [0.25, 0.3) is 0 Å². The summed E-state index contributed by atoms with van der Waals surface area (Å²) in [4.78, 5) is 0. The molecule has 0 heterocycles. The molecule has 1 aromatic carbocycles. The van der Waals surface area contributed by atoms with Gasteiger partial charge in [0, 0.05) is 6.04 Å². The van der Waals surface area contributed by atoms with Crippen LogP contribution in [-0.2, 0) is 6.42 Å². The predicted molar refractivity (Wildman–Crippen MR) is 83.2 cm³/mol. The molecule has 2 rings (SSSR count). The number of hydrogen-bond acceptors (Lipinski definition) is 1. The fourth-order valence-electron chi connectivity index (χ4n) is 3.53. The first-order valence-corrected chi connectivity index (χ1v) is 8.00. The topological polar surface area (TPSA) is 26.0 Å². The molecule has 3 atom stereocenters. The lowest BCUT2D eigenvalue weighted by molar-refractivity contribution is 0.224. The first kappa shape index (κ1) is 14.6. The Hall–Kier alpha value is -0.820. The largest absolute Gasteiger partial charge is 0.327 e.